The third-order valence-corrected chi connectivity index (χ3v) is 3.72. The highest BCUT2D eigenvalue weighted by molar-refractivity contribution is 9.10. The molecule has 0 aliphatic rings. The lowest BCUT2D eigenvalue weighted by Gasteiger charge is -2.11. The molecule has 0 spiro atoms. The SMILES string of the molecule is CCCNc1nc(-c2cc(Br)ccc2F)c(Cl)cc1Cl. The Balaban J connectivity index is 2.52. The molecule has 0 amide bonds. The molecule has 0 atom stereocenters. The molecule has 1 aromatic carbocycles. The molecule has 1 N–H and O–H groups in total. The summed E-state index contributed by atoms with van der Waals surface area (Å²) >= 11 is 15.5. The maximum atomic E-state index is 13.9. The van der Waals surface area contributed by atoms with E-state index in [2.05, 4.69) is 26.2 Å². The number of hydrogen-bond donors (Lipinski definition) is 1. The molecule has 2 nitrogen and oxygen atoms in total. The van der Waals surface area contributed by atoms with E-state index in [1.165, 1.54) is 6.07 Å². The highest BCUT2D eigenvalue weighted by Crippen LogP contribution is 2.34. The number of nitrogens with zero attached hydrogens (tertiary/aromatic N) is 1. The largest absolute Gasteiger partial charge is 0.369 e. The van der Waals surface area contributed by atoms with Crippen molar-refractivity contribution in [2.45, 2.75) is 13.3 Å². The molecule has 0 saturated carbocycles. The summed E-state index contributed by atoms with van der Waals surface area (Å²) in [5, 5.41) is 3.83. The van der Waals surface area contributed by atoms with Gasteiger partial charge in [0.05, 0.1) is 15.7 Å². The molecular weight excluding hydrogens is 366 g/mol. The van der Waals surface area contributed by atoms with E-state index in [4.69, 9.17) is 23.2 Å². The van der Waals surface area contributed by atoms with Gasteiger partial charge in [-0.25, -0.2) is 9.37 Å². The first-order chi connectivity index (χ1) is 9.52. The fraction of sp³-hybridized carbons (Fsp3) is 0.214. The molecule has 20 heavy (non-hydrogen) atoms. The number of nitrogens with one attached hydrogen (secondary N) is 1. The summed E-state index contributed by atoms with van der Waals surface area (Å²) in [6.07, 6.45) is 0.932. The smallest absolute Gasteiger partial charge is 0.145 e. The van der Waals surface area contributed by atoms with Crippen LogP contribution in [0.25, 0.3) is 11.3 Å². The van der Waals surface area contributed by atoms with Gasteiger partial charge in [0.2, 0.25) is 0 Å². The van der Waals surface area contributed by atoms with E-state index in [0.717, 1.165) is 17.4 Å². The third kappa shape index (κ3) is 3.43. The number of benzene rings is 1. The molecule has 0 unspecified atom stereocenters. The van der Waals surface area contributed by atoms with Gasteiger partial charge >= 0.3 is 0 Å². The number of aromatic nitrogens is 1. The molecule has 0 fully saturated rings. The van der Waals surface area contributed by atoms with E-state index < -0.39 is 0 Å². The standard InChI is InChI=1S/C14H12BrCl2FN2/c1-2-5-19-14-11(17)7-10(16)13(20-14)9-6-8(15)3-4-12(9)18/h3-4,6-7H,2,5H2,1H3,(H,19,20). The van der Waals surface area contributed by atoms with Crippen LogP contribution < -0.4 is 5.32 Å². The van der Waals surface area contributed by atoms with Crippen molar-refractivity contribution in [2.24, 2.45) is 0 Å². The number of anilines is 1. The van der Waals surface area contributed by atoms with E-state index in [1.54, 1.807) is 18.2 Å². The monoisotopic (exact) mass is 376 g/mol. The van der Waals surface area contributed by atoms with E-state index >= 15 is 0 Å². The minimum atomic E-state index is -0.383. The van der Waals surface area contributed by atoms with E-state index in [1.807, 2.05) is 6.92 Å². The molecule has 1 aromatic heterocycles. The van der Waals surface area contributed by atoms with Crippen LogP contribution in [0.15, 0.2) is 28.7 Å². The summed E-state index contributed by atoms with van der Waals surface area (Å²) in [6.45, 7) is 2.76. The predicted molar refractivity (Wildman–Crippen MR) is 86.1 cm³/mol. The van der Waals surface area contributed by atoms with E-state index in [9.17, 15) is 4.39 Å². The van der Waals surface area contributed by atoms with Crippen molar-refractivity contribution in [3.8, 4) is 11.3 Å². The van der Waals surface area contributed by atoms with Crippen molar-refractivity contribution in [1.82, 2.24) is 4.98 Å². The second kappa shape index (κ2) is 6.74. The normalized spacial score (nSPS) is 10.7. The summed E-state index contributed by atoms with van der Waals surface area (Å²) in [7, 11) is 0. The fourth-order valence-electron chi connectivity index (χ4n) is 1.70. The van der Waals surface area contributed by atoms with Gasteiger partial charge in [-0.15, -0.1) is 0 Å². The summed E-state index contributed by atoms with van der Waals surface area (Å²) in [5.74, 6) is 0.124. The van der Waals surface area contributed by atoms with Gasteiger partial charge < -0.3 is 5.32 Å². The second-order valence-corrected chi connectivity index (χ2v) is 5.93. The molecule has 106 valence electrons. The lowest BCUT2D eigenvalue weighted by atomic mass is 10.1. The van der Waals surface area contributed by atoms with Gasteiger partial charge in [0.25, 0.3) is 0 Å². The van der Waals surface area contributed by atoms with Crippen molar-refractivity contribution >= 4 is 44.9 Å². The van der Waals surface area contributed by atoms with Crippen LogP contribution >= 0.6 is 39.1 Å². The van der Waals surface area contributed by atoms with Crippen LogP contribution in [0.5, 0.6) is 0 Å². The lowest BCUT2D eigenvalue weighted by molar-refractivity contribution is 0.630. The van der Waals surface area contributed by atoms with E-state index in [0.29, 0.717) is 27.1 Å². The molecule has 0 aliphatic carbocycles. The zero-order valence-electron chi connectivity index (χ0n) is 10.7. The van der Waals surface area contributed by atoms with E-state index in [-0.39, 0.29) is 5.82 Å². The Bertz CT molecular complexity index is 635. The first kappa shape index (κ1) is 15.5. The van der Waals surface area contributed by atoms with Gasteiger partial charge in [-0.1, -0.05) is 46.1 Å². The highest BCUT2D eigenvalue weighted by atomic mass is 79.9. The van der Waals surface area contributed by atoms with Crippen LogP contribution in [0, 0.1) is 5.82 Å². The van der Waals surface area contributed by atoms with Crippen LogP contribution in [-0.2, 0) is 0 Å². The van der Waals surface area contributed by atoms with Gasteiger partial charge in [-0.3, -0.25) is 0 Å². The Hall–Kier alpha value is -0.840. The quantitative estimate of drug-likeness (QED) is 0.730. The average molecular weight is 378 g/mol. The maximum Gasteiger partial charge on any atom is 0.145 e. The summed E-state index contributed by atoms with van der Waals surface area (Å²) < 4.78 is 14.7. The number of rotatable bonds is 4. The van der Waals surface area contributed by atoms with Crippen LogP contribution in [0.4, 0.5) is 10.2 Å². The van der Waals surface area contributed by atoms with Crippen molar-refractivity contribution in [1.29, 1.82) is 0 Å². The number of halogens is 4. The Morgan fingerprint density at radius 1 is 1.25 bits per heavy atom. The van der Waals surface area contributed by atoms with Gasteiger partial charge in [-0.2, -0.15) is 0 Å². The van der Waals surface area contributed by atoms with Crippen LogP contribution in [-0.4, -0.2) is 11.5 Å². The summed E-state index contributed by atoms with van der Waals surface area (Å²) in [5.41, 5.74) is 0.703. The molecular formula is C14H12BrCl2FN2. The lowest BCUT2D eigenvalue weighted by Crippen LogP contribution is -2.04. The molecule has 1 heterocycles. The Kier molecular flexibility index (Phi) is 5.24. The topological polar surface area (TPSA) is 24.9 Å². The Morgan fingerprint density at radius 2 is 2.00 bits per heavy atom. The van der Waals surface area contributed by atoms with Crippen molar-refractivity contribution in [2.75, 3.05) is 11.9 Å². The second-order valence-electron chi connectivity index (χ2n) is 4.20. The third-order valence-electron chi connectivity index (χ3n) is 2.66. The van der Waals surface area contributed by atoms with Crippen molar-refractivity contribution in [3.63, 3.8) is 0 Å². The Morgan fingerprint density at radius 3 is 2.70 bits per heavy atom. The van der Waals surface area contributed by atoms with Gasteiger partial charge in [-0.05, 0) is 30.7 Å². The fourth-order valence-corrected chi connectivity index (χ4v) is 2.59. The summed E-state index contributed by atoms with van der Waals surface area (Å²) in [6, 6.07) is 6.20. The maximum absolute atomic E-state index is 13.9. The van der Waals surface area contributed by atoms with Gasteiger partial charge in [0, 0.05) is 16.6 Å². The molecule has 0 saturated heterocycles. The molecule has 0 aliphatic heterocycles. The highest BCUT2D eigenvalue weighted by Gasteiger charge is 2.14. The molecule has 0 radical (unpaired) electrons. The van der Waals surface area contributed by atoms with Crippen LogP contribution in [0.2, 0.25) is 10.0 Å². The number of pyridine rings is 1. The Labute approximate surface area is 135 Å². The zero-order chi connectivity index (χ0) is 14.7. The number of hydrogen-bond acceptors (Lipinski definition) is 2. The molecule has 6 heteroatoms. The molecule has 2 rings (SSSR count). The van der Waals surface area contributed by atoms with Crippen LogP contribution in [0.1, 0.15) is 13.3 Å². The molecule has 2 aromatic rings. The first-order valence-corrected chi connectivity index (χ1v) is 7.63. The zero-order valence-corrected chi connectivity index (χ0v) is 13.8. The average Bonchev–Trinajstić information content (AvgIpc) is 2.41. The van der Waals surface area contributed by atoms with Crippen molar-refractivity contribution < 1.29 is 4.39 Å². The minimum Gasteiger partial charge on any atom is -0.369 e. The predicted octanol–water partition coefficient (Wildman–Crippen LogP) is 5.78. The van der Waals surface area contributed by atoms with Crippen molar-refractivity contribution in [3.05, 3.63) is 44.6 Å². The minimum absolute atomic E-state index is 0.314. The molecule has 0 bridgehead atoms. The van der Waals surface area contributed by atoms with Gasteiger partial charge in [0.1, 0.15) is 11.6 Å². The van der Waals surface area contributed by atoms with Gasteiger partial charge in [0.15, 0.2) is 0 Å². The summed E-state index contributed by atoms with van der Waals surface area (Å²) in [4.78, 5) is 4.35. The van der Waals surface area contributed by atoms with Crippen LogP contribution in [0.3, 0.4) is 0 Å². The first-order valence-electron chi connectivity index (χ1n) is 6.08.